The van der Waals surface area contributed by atoms with Crippen LogP contribution in [0.25, 0.3) is 5.57 Å². The summed E-state index contributed by atoms with van der Waals surface area (Å²) in [6, 6.07) is 4.18. The Kier molecular flexibility index (Phi) is 5.44. The molecule has 0 unspecified atom stereocenters. The zero-order valence-electron chi connectivity index (χ0n) is 18.0. The molecule has 1 aromatic rings. The van der Waals surface area contributed by atoms with Crippen molar-refractivity contribution in [2.24, 2.45) is 5.41 Å². The highest BCUT2D eigenvalue weighted by atomic mass is 16.6. The molecule has 1 aromatic carbocycles. The average Bonchev–Trinajstić information content (AvgIpc) is 3.09. The molecule has 3 rings (SSSR count). The van der Waals surface area contributed by atoms with Crippen LogP contribution >= 0.6 is 0 Å². The number of ether oxygens (including phenoxy) is 2. The quantitative estimate of drug-likeness (QED) is 0.668. The minimum Gasteiger partial charge on any atom is -0.461 e. The normalized spacial score (nSPS) is 18.7. The molecule has 0 saturated heterocycles. The highest BCUT2D eigenvalue weighted by molar-refractivity contribution is 6.21. The first-order valence-corrected chi connectivity index (χ1v) is 10.2. The maximum atomic E-state index is 13.0. The van der Waals surface area contributed by atoms with Gasteiger partial charge in [0.2, 0.25) is 0 Å². The van der Waals surface area contributed by atoms with Crippen molar-refractivity contribution in [3.63, 3.8) is 0 Å². The standard InChI is InChI=1S/C24H32O4/c1-15-11-16(2)20(17(3)12-15)21-18(14-27-19(25)13-23(4,5)6)24(28-22(21)26)9-7-8-10-24/h11-12H,7-10,13-14H2,1-6H3. The van der Waals surface area contributed by atoms with Crippen LogP contribution in [-0.2, 0) is 19.1 Å². The van der Waals surface area contributed by atoms with Crippen LogP contribution in [0.2, 0.25) is 0 Å². The van der Waals surface area contributed by atoms with Crippen LogP contribution in [0.4, 0.5) is 0 Å². The second-order valence-corrected chi connectivity index (χ2v) is 9.62. The number of aryl methyl sites for hydroxylation is 3. The summed E-state index contributed by atoms with van der Waals surface area (Å²) in [5, 5.41) is 0. The number of rotatable bonds is 4. The summed E-state index contributed by atoms with van der Waals surface area (Å²) in [7, 11) is 0. The molecule has 0 radical (unpaired) electrons. The number of benzene rings is 1. The van der Waals surface area contributed by atoms with Crippen LogP contribution in [0.1, 0.15) is 75.1 Å². The molecule has 1 heterocycles. The van der Waals surface area contributed by atoms with E-state index >= 15 is 0 Å². The van der Waals surface area contributed by atoms with E-state index in [9.17, 15) is 9.59 Å². The Balaban J connectivity index is 2.03. The van der Waals surface area contributed by atoms with Crippen molar-refractivity contribution in [2.45, 2.75) is 79.2 Å². The largest absolute Gasteiger partial charge is 0.461 e. The summed E-state index contributed by atoms with van der Waals surface area (Å²) >= 11 is 0. The van der Waals surface area contributed by atoms with Crippen LogP contribution in [0.5, 0.6) is 0 Å². The smallest absolute Gasteiger partial charge is 0.339 e. The van der Waals surface area contributed by atoms with E-state index in [2.05, 4.69) is 19.1 Å². The minimum atomic E-state index is -0.599. The van der Waals surface area contributed by atoms with Crippen molar-refractivity contribution in [1.29, 1.82) is 0 Å². The SMILES string of the molecule is Cc1cc(C)c(C2=C(COC(=O)CC(C)(C)C)C3(CCCC3)OC2=O)c(C)c1. The van der Waals surface area contributed by atoms with Gasteiger partial charge < -0.3 is 9.47 Å². The molecular weight excluding hydrogens is 352 g/mol. The second-order valence-electron chi connectivity index (χ2n) is 9.62. The molecule has 2 aliphatic rings. The average molecular weight is 385 g/mol. The lowest BCUT2D eigenvalue weighted by atomic mass is 9.85. The van der Waals surface area contributed by atoms with E-state index in [1.54, 1.807) is 0 Å². The number of carbonyl (C=O) groups excluding carboxylic acids is 2. The first-order valence-electron chi connectivity index (χ1n) is 10.2. The topological polar surface area (TPSA) is 52.6 Å². The lowest BCUT2D eigenvalue weighted by molar-refractivity contribution is -0.147. The Morgan fingerprint density at radius 1 is 1.11 bits per heavy atom. The van der Waals surface area contributed by atoms with E-state index in [1.807, 2.05) is 34.6 Å². The number of carbonyl (C=O) groups is 2. The lowest BCUT2D eigenvalue weighted by Crippen LogP contribution is -2.31. The zero-order chi connectivity index (χ0) is 20.7. The molecule has 0 aromatic heterocycles. The molecule has 4 nitrogen and oxygen atoms in total. The first-order chi connectivity index (χ1) is 13.0. The van der Waals surface area contributed by atoms with Crippen LogP contribution in [0, 0.1) is 26.2 Å². The molecule has 4 heteroatoms. The van der Waals surface area contributed by atoms with E-state index in [1.165, 1.54) is 5.56 Å². The molecule has 1 aliphatic carbocycles. The molecule has 1 spiro atoms. The summed E-state index contributed by atoms with van der Waals surface area (Å²) in [5.74, 6) is -0.511. The molecule has 28 heavy (non-hydrogen) atoms. The molecule has 0 bridgehead atoms. The van der Waals surface area contributed by atoms with E-state index in [-0.39, 0.29) is 24.0 Å². The summed E-state index contributed by atoms with van der Waals surface area (Å²) in [6.45, 7) is 12.3. The third-order valence-corrected chi connectivity index (χ3v) is 5.73. The summed E-state index contributed by atoms with van der Waals surface area (Å²) in [4.78, 5) is 25.3. The van der Waals surface area contributed by atoms with Crippen molar-refractivity contribution >= 4 is 17.5 Å². The highest BCUT2D eigenvalue weighted by Gasteiger charge is 2.50. The van der Waals surface area contributed by atoms with Crippen molar-refractivity contribution in [1.82, 2.24) is 0 Å². The van der Waals surface area contributed by atoms with Gasteiger partial charge in [-0.15, -0.1) is 0 Å². The fourth-order valence-corrected chi connectivity index (χ4v) is 4.66. The Hall–Kier alpha value is -2.10. The highest BCUT2D eigenvalue weighted by Crippen LogP contribution is 2.48. The Morgan fingerprint density at radius 3 is 2.21 bits per heavy atom. The maximum Gasteiger partial charge on any atom is 0.339 e. The molecule has 1 aliphatic heterocycles. The van der Waals surface area contributed by atoms with Crippen molar-refractivity contribution in [3.8, 4) is 0 Å². The Bertz CT molecular complexity index is 810. The number of esters is 2. The van der Waals surface area contributed by atoms with Crippen LogP contribution in [0.3, 0.4) is 0 Å². The molecule has 152 valence electrons. The first kappa shape index (κ1) is 20.6. The van der Waals surface area contributed by atoms with E-state index < -0.39 is 5.60 Å². The summed E-state index contributed by atoms with van der Waals surface area (Å²) < 4.78 is 11.6. The van der Waals surface area contributed by atoms with Gasteiger partial charge in [-0.2, -0.15) is 0 Å². The third-order valence-electron chi connectivity index (χ3n) is 5.73. The maximum absolute atomic E-state index is 13.0. The van der Waals surface area contributed by atoms with Gasteiger partial charge in [0, 0.05) is 5.57 Å². The number of hydrogen-bond donors (Lipinski definition) is 0. The fourth-order valence-electron chi connectivity index (χ4n) is 4.66. The molecular formula is C24H32O4. The Labute approximate surface area is 168 Å². The van der Waals surface area contributed by atoms with Gasteiger partial charge >= 0.3 is 11.9 Å². The van der Waals surface area contributed by atoms with Crippen molar-refractivity contribution in [2.75, 3.05) is 6.61 Å². The minimum absolute atomic E-state index is 0.128. The summed E-state index contributed by atoms with van der Waals surface area (Å²) in [5.41, 5.74) is 4.94. The van der Waals surface area contributed by atoms with Gasteiger partial charge in [-0.05, 0) is 68.6 Å². The molecule has 1 saturated carbocycles. The van der Waals surface area contributed by atoms with Crippen LogP contribution in [0.15, 0.2) is 17.7 Å². The third kappa shape index (κ3) is 4.01. The molecule has 0 N–H and O–H groups in total. The van der Waals surface area contributed by atoms with E-state index in [0.717, 1.165) is 47.9 Å². The predicted molar refractivity (Wildman–Crippen MR) is 110 cm³/mol. The van der Waals surface area contributed by atoms with Gasteiger partial charge in [-0.1, -0.05) is 38.5 Å². The Morgan fingerprint density at radius 2 is 1.68 bits per heavy atom. The van der Waals surface area contributed by atoms with Crippen LogP contribution in [-0.4, -0.2) is 24.1 Å². The van der Waals surface area contributed by atoms with Gasteiger partial charge in [0.25, 0.3) is 0 Å². The van der Waals surface area contributed by atoms with Gasteiger partial charge in [0.15, 0.2) is 0 Å². The van der Waals surface area contributed by atoms with Gasteiger partial charge in [0.05, 0.1) is 12.0 Å². The van der Waals surface area contributed by atoms with E-state index in [0.29, 0.717) is 12.0 Å². The van der Waals surface area contributed by atoms with Gasteiger partial charge in [-0.25, -0.2) is 4.79 Å². The van der Waals surface area contributed by atoms with Crippen LogP contribution < -0.4 is 0 Å². The van der Waals surface area contributed by atoms with Crippen molar-refractivity contribution < 1.29 is 19.1 Å². The zero-order valence-corrected chi connectivity index (χ0v) is 18.0. The van der Waals surface area contributed by atoms with Gasteiger partial charge in [-0.3, -0.25) is 4.79 Å². The molecule has 1 fully saturated rings. The monoisotopic (exact) mass is 384 g/mol. The fraction of sp³-hybridized carbons (Fsp3) is 0.583. The second kappa shape index (κ2) is 7.38. The number of hydrogen-bond acceptors (Lipinski definition) is 4. The molecule has 0 amide bonds. The lowest BCUT2D eigenvalue weighted by Gasteiger charge is -2.26. The summed E-state index contributed by atoms with van der Waals surface area (Å²) in [6.07, 6.45) is 3.99. The predicted octanol–water partition coefficient (Wildman–Crippen LogP) is 5.21. The van der Waals surface area contributed by atoms with E-state index in [4.69, 9.17) is 9.47 Å². The van der Waals surface area contributed by atoms with Crippen molar-refractivity contribution in [3.05, 3.63) is 40.0 Å². The van der Waals surface area contributed by atoms with Gasteiger partial charge in [0.1, 0.15) is 12.2 Å². The molecule has 0 atom stereocenters.